The lowest BCUT2D eigenvalue weighted by Crippen LogP contribution is -2.11. The molecule has 1 aromatic carbocycles. The summed E-state index contributed by atoms with van der Waals surface area (Å²) in [6, 6.07) is 7.43. The summed E-state index contributed by atoms with van der Waals surface area (Å²) in [4.78, 5) is 0.806. The second-order valence-corrected chi connectivity index (χ2v) is 6.36. The minimum Gasteiger partial charge on any atom is -0.388 e. The zero-order valence-corrected chi connectivity index (χ0v) is 12.7. The van der Waals surface area contributed by atoms with E-state index in [1.807, 2.05) is 24.3 Å². The second kappa shape index (κ2) is 8.46. The number of rotatable bonds is 8. The molecule has 1 aromatic rings. The molecule has 0 amide bonds. The number of hydrogen-bond acceptors (Lipinski definition) is 3. The van der Waals surface area contributed by atoms with Gasteiger partial charge in [0.05, 0.1) is 16.9 Å². The molecule has 0 heterocycles. The predicted molar refractivity (Wildman–Crippen MR) is 80.4 cm³/mol. The van der Waals surface area contributed by atoms with E-state index in [4.69, 9.17) is 5.73 Å². The number of aliphatic hydroxyl groups excluding tert-OH is 1. The van der Waals surface area contributed by atoms with Crippen LogP contribution in [0.2, 0.25) is 0 Å². The van der Waals surface area contributed by atoms with Gasteiger partial charge in [-0.3, -0.25) is 4.21 Å². The molecule has 0 aromatic heterocycles. The Hall–Kier alpha value is -0.710. The molecular formula is C15H25NO2S. The van der Waals surface area contributed by atoms with Crippen molar-refractivity contribution in [1.29, 1.82) is 0 Å². The van der Waals surface area contributed by atoms with Gasteiger partial charge >= 0.3 is 0 Å². The van der Waals surface area contributed by atoms with Crippen LogP contribution in [0.4, 0.5) is 0 Å². The van der Waals surface area contributed by atoms with Gasteiger partial charge in [-0.2, -0.15) is 0 Å². The lowest BCUT2D eigenvalue weighted by atomic mass is 10.1. The molecule has 0 fully saturated rings. The molecule has 0 spiro atoms. The van der Waals surface area contributed by atoms with Crippen molar-refractivity contribution in [3.63, 3.8) is 0 Å². The van der Waals surface area contributed by atoms with Gasteiger partial charge in [0.15, 0.2) is 0 Å². The van der Waals surface area contributed by atoms with Gasteiger partial charge in [-0.05, 0) is 36.6 Å². The van der Waals surface area contributed by atoms with Crippen LogP contribution in [0.15, 0.2) is 29.2 Å². The average molecular weight is 283 g/mol. The SMILES string of the molecule is CCC(CC)CS(=O)c1cccc(C(O)CCN)c1. The highest BCUT2D eigenvalue weighted by Crippen LogP contribution is 2.21. The Morgan fingerprint density at radius 3 is 2.58 bits per heavy atom. The molecule has 0 radical (unpaired) electrons. The first kappa shape index (κ1) is 16.3. The van der Waals surface area contributed by atoms with Gasteiger partial charge in [0, 0.05) is 10.6 Å². The Morgan fingerprint density at radius 2 is 2.00 bits per heavy atom. The maximum atomic E-state index is 12.3. The number of benzene rings is 1. The topological polar surface area (TPSA) is 63.3 Å². The first-order chi connectivity index (χ1) is 9.12. The maximum Gasteiger partial charge on any atom is 0.0802 e. The van der Waals surface area contributed by atoms with Gasteiger partial charge in [-0.25, -0.2) is 0 Å². The van der Waals surface area contributed by atoms with Crippen LogP contribution in [0.25, 0.3) is 0 Å². The molecule has 2 atom stereocenters. The fourth-order valence-electron chi connectivity index (χ4n) is 2.02. The summed E-state index contributed by atoms with van der Waals surface area (Å²) in [6.45, 7) is 4.71. The molecule has 0 saturated carbocycles. The largest absolute Gasteiger partial charge is 0.388 e. The minimum atomic E-state index is -0.986. The van der Waals surface area contributed by atoms with Crippen molar-refractivity contribution in [2.24, 2.45) is 11.7 Å². The highest BCUT2D eigenvalue weighted by molar-refractivity contribution is 7.85. The van der Waals surface area contributed by atoms with E-state index in [1.54, 1.807) is 0 Å². The van der Waals surface area contributed by atoms with E-state index in [-0.39, 0.29) is 0 Å². The third-order valence-corrected chi connectivity index (χ3v) is 5.04. The van der Waals surface area contributed by atoms with Crippen LogP contribution in [0.3, 0.4) is 0 Å². The van der Waals surface area contributed by atoms with Crippen LogP contribution in [-0.4, -0.2) is 21.6 Å². The Morgan fingerprint density at radius 1 is 1.32 bits per heavy atom. The molecule has 0 aliphatic rings. The average Bonchev–Trinajstić information content (AvgIpc) is 2.44. The van der Waals surface area contributed by atoms with Crippen LogP contribution >= 0.6 is 0 Å². The number of nitrogens with two attached hydrogens (primary N) is 1. The molecule has 0 bridgehead atoms. The fourth-order valence-corrected chi connectivity index (χ4v) is 3.61. The number of hydrogen-bond donors (Lipinski definition) is 2. The molecule has 2 unspecified atom stereocenters. The first-order valence-corrected chi connectivity index (χ1v) is 8.30. The predicted octanol–water partition coefficient (Wildman–Crippen LogP) is 2.61. The van der Waals surface area contributed by atoms with E-state index in [9.17, 15) is 9.32 Å². The fraction of sp³-hybridized carbons (Fsp3) is 0.600. The van der Waals surface area contributed by atoms with Crippen LogP contribution < -0.4 is 5.73 Å². The van der Waals surface area contributed by atoms with E-state index in [0.29, 0.717) is 24.6 Å². The standard InChI is InChI=1S/C15H25NO2S/c1-3-12(4-2)11-19(18)14-7-5-6-13(10-14)15(17)8-9-16/h5-7,10,12,15,17H,3-4,8-9,11,16H2,1-2H3. The first-order valence-electron chi connectivity index (χ1n) is 6.98. The minimum absolute atomic E-state index is 0.447. The summed E-state index contributed by atoms with van der Waals surface area (Å²) >= 11 is 0. The highest BCUT2D eigenvalue weighted by Gasteiger charge is 2.13. The number of aliphatic hydroxyl groups is 1. The Kier molecular flexibility index (Phi) is 7.28. The summed E-state index contributed by atoms with van der Waals surface area (Å²) in [7, 11) is -0.986. The van der Waals surface area contributed by atoms with Crippen LogP contribution in [-0.2, 0) is 10.8 Å². The quantitative estimate of drug-likeness (QED) is 0.771. The van der Waals surface area contributed by atoms with Gasteiger partial charge in [0.25, 0.3) is 0 Å². The Balaban J connectivity index is 2.78. The molecule has 19 heavy (non-hydrogen) atoms. The van der Waals surface area contributed by atoms with E-state index in [0.717, 1.165) is 23.3 Å². The molecule has 0 aliphatic heterocycles. The third kappa shape index (κ3) is 5.05. The van der Waals surface area contributed by atoms with Crippen LogP contribution in [0.5, 0.6) is 0 Å². The van der Waals surface area contributed by atoms with Crippen molar-refractivity contribution in [2.45, 2.75) is 44.1 Å². The summed E-state index contributed by atoms with van der Waals surface area (Å²) in [5, 5.41) is 9.92. The summed E-state index contributed by atoms with van der Waals surface area (Å²) in [5.74, 6) is 1.20. The molecular weight excluding hydrogens is 258 g/mol. The third-order valence-electron chi connectivity index (χ3n) is 3.49. The Labute approximate surface area is 118 Å². The van der Waals surface area contributed by atoms with Gasteiger partial charge in [0.1, 0.15) is 0 Å². The smallest absolute Gasteiger partial charge is 0.0802 e. The van der Waals surface area contributed by atoms with Crippen LogP contribution in [0, 0.1) is 5.92 Å². The maximum absolute atomic E-state index is 12.3. The molecule has 0 aliphatic carbocycles. The molecule has 1 rings (SSSR count). The van der Waals surface area contributed by atoms with E-state index in [1.165, 1.54) is 0 Å². The van der Waals surface area contributed by atoms with Crippen molar-refractivity contribution in [3.8, 4) is 0 Å². The lowest BCUT2D eigenvalue weighted by Gasteiger charge is -2.14. The monoisotopic (exact) mass is 283 g/mol. The summed E-state index contributed by atoms with van der Waals surface area (Å²) < 4.78 is 12.3. The van der Waals surface area contributed by atoms with Crippen LogP contribution in [0.1, 0.15) is 44.8 Å². The molecule has 3 N–H and O–H groups in total. The summed E-state index contributed by atoms with van der Waals surface area (Å²) in [5.41, 5.74) is 6.25. The lowest BCUT2D eigenvalue weighted by molar-refractivity contribution is 0.170. The highest BCUT2D eigenvalue weighted by atomic mass is 32.2. The Bertz CT molecular complexity index is 405. The molecule has 3 nitrogen and oxygen atoms in total. The van der Waals surface area contributed by atoms with Crippen molar-refractivity contribution < 1.29 is 9.32 Å². The van der Waals surface area contributed by atoms with Crippen molar-refractivity contribution in [3.05, 3.63) is 29.8 Å². The van der Waals surface area contributed by atoms with Crippen molar-refractivity contribution >= 4 is 10.8 Å². The van der Waals surface area contributed by atoms with Crippen molar-refractivity contribution in [1.82, 2.24) is 0 Å². The van der Waals surface area contributed by atoms with Gasteiger partial charge in [-0.15, -0.1) is 0 Å². The van der Waals surface area contributed by atoms with Gasteiger partial charge in [-0.1, -0.05) is 38.8 Å². The molecule has 0 saturated heterocycles. The summed E-state index contributed by atoms with van der Waals surface area (Å²) in [6.07, 6.45) is 2.08. The van der Waals surface area contributed by atoms with E-state index in [2.05, 4.69) is 13.8 Å². The second-order valence-electron chi connectivity index (χ2n) is 4.86. The van der Waals surface area contributed by atoms with Gasteiger partial charge < -0.3 is 10.8 Å². The van der Waals surface area contributed by atoms with Gasteiger partial charge in [0.2, 0.25) is 0 Å². The normalized spacial score (nSPS) is 14.6. The van der Waals surface area contributed by atoms with Crippen molar-refractivity contribution in [2.75, 3.05) is 12.3 Å². The zero-order chi connectivity index (χ0) is 14.3. The van der Waals surface area contributed by atoms with E-state index >= 15 is 0 Å². The molecule has 4 heteroatoms. The molecule has 108 valence electrons. The van der Waals surface area contributed by atoms with E-state index < -0.39 is 16.9 Å². The zero-order valence-electron chi connectivity index (χ0n) is 11.8.